The highest BCUT2D eigenvalue weighted by atomic mass is 16.3. The number of carbonyl (C=O) groups excluding carboxylic acids is 2. The predicted octanol–water partition coefficient (Wildman–Crippen LogP) is 3.24. The average Bonchev–Trinajstić information content (AvgIpc) is 3.15. The standard InChI is InChI=1S/C28H30N4O4/c1-2-15-29-26(34)24-21(17-33)23-16-31-22(14-13-20(27(31)35)18-9-5-3-6-10-18)25(24)32(23)28(36)30-19-11-7-4-8-12-19/h3-14,21,23-25,33H,2,15-17H2,1H3,(H,29,34)(H,30,36)/t21-,23-,24+,25+/m1/s1. The lowest BCUT2D eigenvalue weighted by atomic mass is 9.86. The smallest absolute Gasteiger partial charge is 0.322 e. The molecule has 36 heavy (non-hydrogen) atoms. The third-order valence-corrected chi connectivity index (χ3v) is 7.24. The summed E-state index contributed by atoms with van der Waals surface area (Å²) in [6.45, 7) is 2.41. The molecule has 2 aromatic carbocycles. The predicted molar refractivity (Wildman–Crippen MR) is 137 cm³/mol. The van der Waals surface area contributed by atoms with Crippen molar-refractivity contribution in [2.75, 3.05) is 18.5 Å². The number of aliphatic hydroxyl groups excluding tert-OH is 1. The van der Waals surface area contributed by atoms with Crippen LogP contribution >= 0.6 is 0 Å². The minimum atomic E-state index is -0.681. The summed E-state index contributed by atoms with van der Waals surface area (Å²) in [4.78, 5) is 42.2. The normalized spacial score (nSPS) is 22.1. The van der Waals surface area contributed by atoms with Gasteiger partial charge in [-0.25, -0.2) is 4.79 Å². The van der Waals surface area contributed by atoms with E-state index in [0.29, 0.717) is 23.5 Å². The van der Waals surface area contributed by atoms with Crippen molar-refractivity contribution in [3.05, 3.63) is 88.8 Å². The van der Waals surface area contributed by atoms with Crippen molar-refractivity contribution >= 4 is 17.6 Å². The molecule has 3 N–H and O–H groups in total. The van der Waals surface area contributed by atoms with Crippen LogP contribution in [0.4, 0.5) is 10.5 Å². The maximum Gasteiger partial charge on any atom is 0.322 e. The van der Waals surface area contributed by atoms with E-state index >= 15 is 0 Å². The van der Waals surface area contributed by atoms with Gasteiger partial charge in [-0.15, -0.1) is 0 Å². The largest absolute Gasteiger partial charge is 0.396 e. The maximum absolute atomic E-state index is 13.6. The molecular weight excluding hydrogens is 456 g/mol. The van der Waals surface area contributed by atoms with Gasteiger partial charge in [0.15, 0.2) is 0 Å². The number of pyridine rings is 1. The number of aliphatic hydroxyl groups is 1. The number of benzene rings is 2. The summed E-state index contributed by atoms with van der Waals surface area (Å²) in [6, 6.07) is 20.6. The summed E-state index contributed by atoms with van der Waals surface area (Å²) in [6.07, 6.45) is 0.769. The minimum absolute atomic E-state index is 0.164. The van der Waals surface area contributed by atoms with Crippen molar-refractivity contribution in [1.29, 1.82) is 0 Å². The number of hydrogen-bond acceptors (Lipinski definition) is 4. The van der Waals surface area contributed by atoms with Gasteiger partial charge in [0.25, 0.3) is 5.56 Å². The summed E-state index contributed by atoms with van der Waals surface area (Å²) in [5.74, 6) is -1.40. The first-order chi connectivity index (χ1) is 17.5. The third-order valence-electron chi connectivity index (χ3n) is 7.24. The third kappa shape index (κ3) is 4.07. The molecule has 8 nitrogen and oxygen atoms in total. The van der Waals surface area contributed by atoms with Crippen molar-refractivity contribution in [2.24, 2.45) is 11.8 Å². The summed E-state index contributed by atoms with van der Waals surface area (Å²) < 4.78 is 1.68. The first-order valence-electron chi connectivity index (χ1n) is 12.4. The molecule has 1 fully saturated rings. The van der Waals surface area contributed by atoms with Crippen molar-refractivity contribution in [3.8, 4) is 11.1 Å². The Labute approximate surface area is 209 Å². The van der Waals surface area contributed by atoms with Crippen LogP contribution in [0.2, 0.25) is 0 Å². The molecule has 4 atom stereocenters. The van der Waals surface area contributed by atoms with Crippen LogP contribution in [-0.4, -0.2) is 45.7 Å². The summed E-state index contributed by atoms with van der Waals surface area (Å²) >= 11 is 0. The molecule has 0 unspecified atom stereocenters. The Hall–Kier alpha value is -3.91. The van der Waals surface area contributed by atoms with E-state index in [0.717, 1.165) is 12.0 Å². The van der Waals surface area contributed by atoms with Crippen molar-refractivity contribution in [3.63, 3.8) is 0 Å². The Morgan fingerprint density at radius 2 is 1.69 bits per heavy atom. The Morgan fingerprint density at radius 3 is 2.36 bits per heavy atom. The molecule has 0 spiro atoms. The Bertz CT molecular complexity index is 1310. The van der Waals surface area contributed by atoms with Gasteiger partial charge < -0.3 is 25.2 Å². The Kier molecular flexibility index (Phi) is 6.61. The molecule has 1 aromatic heterocycles. The Morgan fingerprint density at radius 1 is 1.00 bits per heavy atom. The number of para-hydroxylation sites is 1. The maximum atomic E-state index is 13.6. The second-order valence-electron chi connectivity index (χ2n) is 9.33. The molecule has 5 rings (SSSR count). The molecule has 2 bridgehead atoms. The van der Waals surface area contributed by atoms with Crippen LogP contribution in [0.15, 0.2) is 77.6 Å². The molecule has 3 amide bonds. The number of amides is 3. The summed E-state index contributed by atoms with van der Waals surface area (Å²) in [5, 5.41) is 16.3. The quantitative estimate of drug-likeness (QED) is 0.498. The molecule has 0 aliphatic carbocycles. The lowest BCUT2D eigenvalue weighted by molar-refractivity contribution is -0.127. The van der Waals surface area contributed by atoms with Gasteiger partial charge in [0, 0.05) is 42.6 Å². The topological polar surface area (TPSA) is 104 Å². The van der Waals surface area contributed by atoms with E-state index in [4.69, 9.17) is 0 Å². The average molecular weight is 487 g/mol. The highest BCUT2D eigenvalue weighted by Crippen LogP contribution is 2.48. The summed E-state index contributed by atoms with van der Waals surface area (Å²) in [7, 11) is 0. The van der Waals surface area contributed by atoms with Crippen LogP contribution in [0, 0.1) is 11.8 Å². The summed E-state index contributed by atoms with van der Waals surface area (Å²) in [5.41, 5.74) is 2.45. The van der Waals surface area contributed by atoms with E-state index in [9.17, 15) is 19.5 Å². The molecule has 3 aromatic rings. The Balaban J connectivity index is 1.60. The van der Waals surface area contributed by atoms with Gasteiger partial charge in [-0.2, -0.15) is 0 Å². The van der Waals surface area contributed by atoms with Crippen molar-refractivity contribution in [1.82, 2.24) is 14.8 Å². The minimum Gasteiger partial charge on any atom is -0.396 e. The lowest BCUT2D eigenvalue weighted by Gasteiger charge is -2.38. The molecule has 186 valence electrons. The lowest BCUT2D eigenvalue weighted by Crippen LogP contribution is -2.50. The van der Waals surface area contributed by atoms with Gasteiger partial charge in [0.2, 0.25) is 5.91 Å². The fourth-order valence-electron chi connectivity index (χ4n) is 5.60. The van der Waals surface area contributed by atoms with Crippen LogP contribution in [0.1, 0.15) is 25.1 Å². The monoisotopic (exact) mass is 486 g/mol. The zero-order valence-corrected chi connectivity index (χ0v) is 20.1. The van der Waals surface area contributed by atoms with E-state index in [1.807, 2.05) is 61.5 Å². The van der Waals surface area contributed by atoms with Crippen LogP contribution in [-0.2, 0) is 11.3 Å². The highest BCUT2D eigenvalue weighted by Gasteiger charge is 2.57. The molecule has 0 saturated carbocycles. The number of anilines is 1. The van der Waals surface area contributed by atoms with Crippen LogP contribution in [0.25, 0.3) is 11.1 Å². The zero-order valence-electron chi connectivity index (χ0n) is 20.1. The molecule has 0 radical (unpaired) electrons. The number of carbonyl (C=O) groups is 2. The molecule has 2 aliphatic rings. The van der Waals surface area contributed by atoms with Crippen LogP contribution < -0.4 is 16.2 Å². The van der Waals surface area contributed by atoms with Crippen molar-refractivity contribution in [2.45, 2.75) is 32.0 Å². The first-order valence-corrected chi connectivity index (χ1v) is 12.4. The van der Waals surface area contributed by atoms with Gasteiger partial charge in [-0.05, 0) is 36.2 Å². The first kappa shape index (κ1) is 23.8. The van der Waals surface area contributed by atoms with Crippen molar-refractivity contribution < 1.29 is 14.7 Å². The number of hydrogen-bond donors (Lipinski definition) is 3. The van der Waals surface area contributed by atoms with Gasteiger partial charge >= 0.3 is 6.03 Å². The van der Waals surface area contributed by atoms with E-state index in [-0.39, 0.29) is 30.6 Å². The van der Waals surface area contributed by atoms with Gasteiger partial charge in [-0.1, -0.05) is 55.5 Å². The van der Waals surface area contributed by atoms with Crippen LogP contribution in [0.5, 0.6) is 0 Å². The molecule has 3 heterocycles. The second kappa shape index (κ2) is 9.99. The fourth-order valence-corrected chi connectivity index (χ4v) is 5.60. The van der Waals surface area contributed by atoms with E-state index in [1.54, 1.807) is 27.7 Å². The van der Waals surface area contributed by atoms with E-state index < -0.39 is 23.9 Å². The van der Waals surface area contributed by atoms with Gasteiger partial charge in [-0.3, -0.25) is 9.59 Å². The van der Waals surface area contributed by atoms with E-state index in [1.165, 1.54) is 0 Å². The van der Waals surface area contributed by atoms with Crippen LogP contribution in [0.3, 0.4) is 0 Å². The van der Waals surface area contributed by atoms with E-state index in [2.05, 4.69) is 10.6 Å². The molecule has 2 aliphatic heterocycles. The highest BCUT2D eigenvalue weighted by molar-refractivity contribution is 5.91. The zero-order chi connectivity index (χ0) is 25.2. The molecule has 1 saturated heterocycles. The number of urea groups is 1. The number of nitrogens with one attached hydrogen (secondary N) is 2. The number of aromatic nitrogens is 1. The fraction of sp³-hybridized carbons (Fsp3) is 0.321. The molecule has 8 heteroatoms. The van der Waals surface area contributed by atoms with Gasteiger partial charge in [0.1, 0.15) is 0 Å². The molecular formula is C28H30N4O4. The number of nitrogens with zero attached hydrogens (tertiary/aromatic N) is 2. The van der Waals surface area contributed by atoms with Gasteiger partial charge in [0.05, 0.1) is 18.0 Å². The second-order valence-corrected chi connectivity index (χ2v) is 9.33. The number of rotatable bonds is 6. The SMILES string of the molecule is CCCNC(=O)[C@H]1[C@H](CO)[C@H]2Cn3c(ccc(-c4ccccc4)c3=O)[C@@H]1N2C(=O)Nc1ccccc1. The number of fused-ring (bicyclic) bond motifs is 4.